The van der Waals surface area contributed by atoms with E-state index >= 15 is 0 Å². The number of rotatable bonds is 0. The predicted molar refractivity (Wildman–Crippen MR) is 39.3 cm³/mol. The molecule has 0 aliphatic rings. The van der Waals surface area contributed by atoms with Gasteiger partial charge in [0.2, 0.25) is 0 Å². The highest BCUT2D eigenvalue weighted by atomic mass is 35.5. The highest BCUT2D eigenvalue weighted by Gasteiger charge is 2.33. The summed E-state index contributed by atoms with van der Waals surface area (Å²) in [5.74, 6) is 0. The summed E-state index contributed by atoms with van der Waals surface area (Å²) in [6.45, 7) is 0. The Morgan fingerprint density at radius 1 is 1.17 bits per heavy atom. The minimum Gasteiger partial charge on any atom is -0.224 e. The van der Waals surface area contributed by atoms with Crippen molar-refractivity contribution in [1.29, 1.82) is 0 Å². The number of halogens is 5. The summed E-state index contributed by atoms with van der Waals surface area (Å²) in [5, 5.41) is -0.692. The van der Waals surface area contributed by atoms with Gasteiger partial charge in [-0.15, -0.1) is 0 Å². The van der Waals surface area contributed by atoms with Crippen molar-refractivity contribution in [1.82, 2.24) is 4.98 Å². The summed E-state index contributed by atoms with van der Waals surface area (Å²) in [7, 11) is 0. The largest absolute Gasteiger partial charge is 0.419 e. The Kier molecular flexibility index (Phi) is 2.49. The van der Waals surface area contributed by atoms with Gasteiger partial charge in [-0.25, -0.2) is 4.98 Å². The summed E-state index contributed by atoms with van der Waals surface area (Å²) in [6, 6.07) is 1.83. The van der Waals surface area contributed by atoms with E-state index in [2.05, 4.69) is 4.98 Å². The second kappa shape index (κ2) is 3.11. The van der Waals surface area contributed by atoms with E-state index in [1.165, 1.54) is 0 Å². The van der Waals surface area contributed by atoms with E-state index in [4.69, 9.17) is 23.2 Å². The lowest BCUT2D eigenvalue weighted by Gasteiger charge is -2.06. The van der Waals surface area contributed by atoms with Gasteiger partial charge in [-0.05, 0) is 12.1 Å². The van der Waals surface area contributed by atoms with Crippen molar-refractivity contribution in [3.8, 4) is 0 Å². The molecule has 0 N–H and O–H groups in total. The number of hydrogen-bond acceptors (Lipinski definition) is 1. The molecule has 0 saturated heterocycles. The average molecular weight is 216 g/mol. The van der Waals surface area contributed by atoms with Crippen LogP contribution in [-0.4, -0.2) is 4.98 Å². The van der Waals surface area contributed by atoms with Crippen molar-refractivity contribution in [2.45, 2.75) is 6.18 Å². The first-order valence-electron chi connectivity index (χ1n) is 2.80. The van der Waals surface area contributed by atoms with Crippen LogP contribution in [0.4, 0.5) is 13.2 Å². The molecule has 6 heteroatoms. The fourth-order valence-electron chi connectivity index (χ4n) is 0.624. The fraction of sp³-hybridized carbons (Fsp3) is 0.167. The smallest absolute Gasteiger partial charge is 0.224 e. The predicted octanol–water partition coefficient (Wildman–Crippen LogP) is 3.41. The Balaban J connectivity index is 3.19. The lowest BCUT2D eigenvalue weighted by Crippen LogP contribution is -2.06. The van der Waals surface area contributed by atoms with E-state index in [0.717, 1.165) is 12.1 Å². The Morgan fingerprint density at radius 2 is 1.75 bits per heavy atom. The molecule has 0 bridgehead atoms. The lowest BCUT2D eigenvalue weighted by atomic mass is 10.3. The van der Waals surface area contributed by atoms with Crippen molar-refractivity contribution in [3.63, 3.8) is 0 Å². The Bertz CT molecular complexity index is 297. The van der Waals surface area contributed by atoms with Gasteiger partial charge in [-0.3, -0.25) is 0 Å². The average Bonchev–Trinajstić information content (AvgIpc) is 1.83. The maximum Gasteiger partial charge on any atom is 0.419 e. The van der Waals surface area contributed by atoms with Crippen LogP contribution in [0.25, 0.3) is 0 Å². The normalized spacial score (nSPS) is 11.8. The third-order valence-corrected chi connectivity index (χ3v) is 1.62. The summed E-state index contributed by atoms with van der Waals surface area (Å²) < 4.78 is 36.0. The van der Waals surface area contributed by atoms with E-state index < -0.39 is 16.9 Å². The number of hydrogen-bond donors (Lipinski definition) is 0. The van der Waals surface area contributed by atoms with Gasteiger partial charge < -0.3 is 0 Å². The topological polar surface area (TPSA) is 12.9 Å². The molecule has 0 aliphatic heterocycles. The second-order valence-electron chi connectivity index (χ2n) is 1.97. The molecule has 0 spiro atoms. The van der Waals surface area contributed by atoms with Gasteiger partial charge in [0.1, 0.15) is 10.3 Å². The molecule has 0 amide bonds. The van der Waals surface area contributed by atoms with Crippen LogP contribution in [-0.2, 0) is 6.18 Å². The molecule has 1 rings (SSSR count). The lowest BCUT2D eigenvalue weighted by molar-refractivity contribution is -0.137. The summed E-state index contributed by atoms with van der Waals surface area (Å²) in [5.41, 5.74) is -0.978. The molecule has 0 radical (unpaired) electrons. The van der Waals surface area contributed by atoms with Crippen LogP contribution in [0.2, 0.25) is 10.3 Å². The minimum atomic E-state index is -4.48. The molecule has 12 heavy (non-hydrogen) atoms. The molecule has 0 unspecified atom stereocenters. The number of alkyl halides is 3. The van der Waals surface area contributed by atoms with Gasteiger partial charge >= 0.3 is 6.18 Å². The maximum atomic E-state index is 12.0. The van der Waals surface area contributed by atoms with Crippen LogP contribution >= 0.6 is 23.2 Å². The third-order valence-electron chi connectivity index (χ3n) is 1.12. The van der Waals surface area contributed by atoms with Crippen LogP contribution < -0.4 is 0 Å². The standard InChI is InChI=1S/C6H2Cl2F3N/c7-4-2-1-3(5(8)12-4)6(9,10)11/h1-2H. The van der Waals surface area contributed by atoms with E-state index in [9.17, 15) is 13.2 Å². The van der Waals surface area contributed by atoms with E-state index in [-0.39, 0.29) is 5.15 Å². The Hall–Kier alpha value is -0.480. The molecule has 1 aromatic rings. The zero-order valence-electron chi connectivity index (χ0n) is 5.49. The highest BCUT2D eigenvalue weighted by Crippen LogP contribution is 2.33. The van der Waals surface area contributed by atoms with Crippen LogP contribution in [0, 0.1) is 0 Å². The van der Waals surface area contributed by atoms with Crippen molar-refractivity contribution >= 4 is 23.2 Å². The van der Waals surface area contributed by atoms with Gasteiger partial charge in [-0.2, -0.15) is 13.2 Å². The molecule has 0 saturated carbocycles. The molecule has 1 nitrogen and oxygen atoms in total. The molecular formula is C6H2Cl2F3N. The third kappa shape index (κ3) is 2.01. The minimum absolute atomic E-state index is 0.0620. The monoisotopic (exact) mass is 215 g/mol. The first kappa shape index (κ1) is 9.61. The molecule has 0 fully saturated rings. The van der Waals surface area contributed by atoms with Gasteiger partial charge in [0.15, 0.2) is 0 Å². The summed E-state index contributed by atoms with van der Waals surface area (Å²) in [4.78, 5) is 3.25. The summed E-state index contributed by atoms with van der Waals surface area (Å²) in [6.07, 6.45) is -4.48. The zero-order chi connectivity index (χ0) is 9.35. The fourth-order valence-corrected chi connectivity index (χ4v) is 1.08. The Morgan fingerprint density at radius 3 is 2.17 bits per heavy atom. The molecule has 0 aliphatic carbocycles. The van der Waals surface area contributed by atoms with Crippen LogP contribution in [0.5, 0.6) is 0 Å². The number of nitrogens with zero attached hydrogens (tertiary/aromatic N) is 1. The summed E-state index contributed by atoms with van der Waals surface area (Å²) >= 11 is 10.5. The molecule has 1 aromatic heterocycles. The van der Waals surface area contributed by atoms with Gasteiger partial charge in [0, 0.05) is 0 Å². The van der Waals surface area contributed by atoms with Crippen molar-refractivity contribution in [2.24, 2.45) is 0 Å². The maximum absolute atomic E-state index is 12.0. The van der Waals surface area contributed by atoms with E-state index in [0.29, 0.717) is 0 Å². The highest BCUT2D eigenvalue weighted by molar-refractivity contribution is 6.32. The first-order valence-corrected chi connectivity index (χ1v) is 3.56. The van der Waals surface area contributed by atoms with Crippen LogP contribution in [0.1, 0.15) is 5.56 Å². The van der Waals surface area contributed by atoms with Crippen molar-refractivity contribution < 1.29 is 13.2 Å². The SMILES string of the molecule is FC(F)(F)c1ccc(Cl)nc1Cl. The Labute approximate surface area is 76.1 Å². The van der Waals surface area contributed by atoms with Crippen LogP contribution in [0.3, 0.4) is 0 Å². The second-order valence-corrected chi connectivity index (χ2v) is 2.72. The quantitative estimate of drug-likeness (QED) is 0.605. The molecular weight excluding hydrogens is 214 g/mol. The van der Waals surface area contributed by atoms with E-state index in [1.54, 1.807) is 0 Å². The number of aromatic nitrogens is 1. The molecule has 66 valence electrons. The molecule has 1 heterocycles. The molecule has 0 atom stereocenters. The van der Waals surface area contributed by atoms with E-state index in [1.807, 2.05) is 0 Å². The number of pyridine rings is 1. The van der Waals surface area contributed by atoms with Gasteiger partial charge in [-0.1, -0.05) is 23.2 Å². The van der Waals surface area contributed by atoms with Crippen LogP contribution in [0.15, 0.2) is 12.1 Å². The molecule has 0 aromatic carbocycles. The van der Waals surface area contributed by atoms with Crippen molar-refractivity contribution in [2.75, 3.05) is 0 Å². The first-order chi connectivity index (χ1) is 5.41. The van der Waals surface area contributed by atoms with Gasteiger partial charge in [0.25, 0.3) is 0 Å². The zero-order valence-corrected chi connectivity index (χ0v) is 7.00. The van der Waals surface area contributed by atoms with Crippen molar-refractivity contribution in [3.05, 3.63) is 28.0 Å². The van der Waals surface area contributed by atoms with Gasteiger partial charge in [0.05, 0.1) is 5.56 Å².